The Hall–Kier alpha value is -3.46. The van der Waals surface area contributed by atoms with Gasteiger partial charge in [0.15, 0.2) is 11.5 Å². The van der Waals surface area contributed by atoms with Crippen molar-refractivity contribution in [3.8, 4) is 11.5 Å². The average Bonchev–Trinajstić information content (AvgIpc) is 3.24. The highest BCUT2D eigenvalue weighted by Gasteiger charge is 2.35. The lowest BCUT2D eigenvalue weighted by molar-refractivity contribution is -0.113. The summed E-state index contributed by atoms with van der Waals surface area (Å²) in [4.78, 5) is 18.2. The molecule has 1 atom stereocenters. The molecule has 178 valence electrons. The van der Waals surface area contributed by atoms with Gasteiger partial charge >= 0.3 is 0 Å². The van der Waals surface area contributed by atoms with E-state index in [9.17, 15) is 4.79 Å². The number of hydrogen-bond acceptors (Lipinski definition) is 7. The summed E-state index contributed by atoms with van der Waals surface area (Å²) in [7, 11) is 3.19. The summed E-state index contributed by atoms with van der Waals surface area (Å²) in [5.41, 5.74) is 3.96. The predicted molar refractivity (Wildman–Crippen MR) is 135 cm³/mol. The molecule has 0 radical (unpaired) electrons. The van der Waals surface area contributed by atoms with Gasteiger partial charge in [-0.3, -0.25) is 4.79 Å². The van der Waals surface area contributed by atoms with Gasteiger partial charge < -0.3 is 20.1 Å². The third kappa shape index (κ3) is 4.75. The zero-order chi connectivity index (χ0) is 24.2. The highest BCUT2D eigenvalue weighted by Crippen LogP contribution is 2.39. The van der Waals surface area contributed by atoms with Gasteiger partial charge in [-0.25, -0.2) is 4.68 Å². The number of nitrogens with one attached hydrogen (secondary N) is 2. The van der Waals surface area contributed by atoms with Crippen molar-refractivity contribution in [2.45, 2.75) is 38.4 Å². The molecule has 0 aliphatic carbocycles. The molecule has 0 spiro atoms. The van der Waals surface area contributed by atoms with E-state index in [1.54, 1.807) is 30.7 Å². The van der Waals surface area contributed by atoms with E-state index < -0.39 is 6.04 Å². The number of ether oxygens (including phenoxy) is 2. The zero-order valence-electron chi connectivity index (χ0n) is 20.0. The second kappa shape index (κ2) is 10.2. The first-order valence-electron chi connectivity index (χ1n) is 11.1. The zero-order valence-corrected chi connectivity index (χ0v) is 20.8. The number of amides is 1. The lowest BCUT2D eigenvalue weighted by Gasteiger charge is -2.29. The second-order valence-electron chi connectivity index (χ2n) is 8.01. The Morgan fingerprint density at radius 1 is 1.12 bits per heavy atom. The molecule has 0 bridgehead atoms. The fourth-order valence-electron chi connectivity index (χ4n) is 3.85. The van der Waals surface area contributed by atoms with E-state index in [0.717, 1.165) is 34.7 Å². The number of allylic oxidation sites excluding steroid dienone is 1. The maximum atomic E-state index is 13.6. The van der Waals surface area contributed by atoms with E-state index in [1.807, 2.05) is 56.3 Å². The first-order chi connectivity index (χ1) is 16.4. The number of carbonyl (C=O) groups excluding carboxylic acids is 1. The summed E-state index contributed by atoms with van der Waals surface area (Å²) in [6.07, 6.45) is 1.02. The number of methoxy groups -OCH3 is 2. The van der Waals surface area contributed by atoms with Crippen LogP contribution in [0.3, 0.4) is 0 Å². The van der Waals surface area contributed by atoms with Crippen LogP contribution in [0.25, 0.3) is 0 Å². The quantitative estimate of drug-likeness (QED) is 0.438. The minimum absolute atomic E-state index is 0.211. The van der Waals surface area contributed by atoms with Gasteiger partial charge in [0, 0.05) is 17.1 Å². The van der Waals surface area contributed by atoms with Crippen LogP contribution in [0, 0.1) is 6.92 Å². The van der Waals surface area contributed by atoms with Crippen LogP contribution >= 0.6 is 11.8 Å². The van der Waals surface area contributed by atoms with E-state index in [1.165, 1.54) is 0 Å². The molecule has 4 rings (SSSR count). The Kier molecular flexibility index (Phi) is 7.12. The predicted octanol–water partition coefficient (Wildman–Crippen LogP) is 5.03. The van der Waals surface area contributed by atoms with Crippen molar-refractivity contribution in [1.29, 1.82) is 0 Å². The van der Waals surface area contributed by atoms with E-state index in [-0.39, 0.29) is 5.91 Å². The molecule has 1 amide bonds. The number of rotatable bonds is 8. The number of thioether (sulfide) groups is 1. The Labute approximate surface area is 203 Å². The third-order valence-electron chi connectivity index (χ3n) is 5.55. The van der Waals surface area contributed by atoms with Crippen molar-refractivity contribution < 1.29 is 14.3 Å². The van der Waals surface area contributed by atoms with Crippen molar-refractivity contribution in [1.82, 2.24) is 14.8 Å². The Morgan fingerprint density at radius 2 is 1.85 bits per heavy atom. The highest BCUT2D eigenvalue weighted by atomic mass is 32.2. The maximum absolute atomic E-state index is 13.6. The van der Waals surface area contributed by atoms with Crippen LogP contribution in [0.2, 0.25) is 0 Å². The molecule has 34 heavy (non-hydrogen) atoms. The van der Waals surface area contributed by atoms with Crippen LogP contribution < -0.4 is 20.1 Å². The lowest BCUT2D eigenvalue weighted by Crippen LogP contribution is -2.31. The van der Waals surface area contributed by atoms with Gasteiger partial charge in [0.05, 0.1) is 19.8 Å². The lowest BCUT2D eigenvalue weighted by atomic mass is 9.94. The maximum Gasteiger partial charge on any atom is 0.255 e. The molecule has 9 heteroatoms. The van der Waals surface area contributed by atoms with Crippen molar-refractivity contribution in [3.63, 3.8) is 0 Å². The van der Waals surface area contributed by atoms with Gasteiger partial charge in [-0.2, -0.15) is 4.98 Å². The number of benzene rings is 2. The molecule has 0 saturated heterocycles. The number of nitrogens with zero attached hydrogens (tertiary/aromatic N) is 3. The largest absolute Gasteiger partial charge is 0.493 e. The summed E-state index contributed by atoms with van der Waals surface area (Å²) in [6.45, 7) is 6.01. The third-order valence-corrected chi connectivity index (χ3v) is 6.59. The van der Waals surface area contributed by atoms with Crippen LogP contribution in [0.4, 0.5) is 11.6 Å². The van der Waals surface area contributed by atoms with Gasteiger partial charge in [-0.1, -0.05) is 42.4 Å². The summed E-state index contributed by atoms with van der Waals surface area (Å²) < 4.78 is 12.7. The SMILES string of the molecule is CCCSc1nc2n(n1)C(c1ccc(OC)c(OC)c1)C(C(=O)Nc1ccc(C)cc1)=C(C)N2. The standard InChI is InChI=1S/C25H29N5O3S/c1-6-13-34-25-28-24-26-16(3)21(23(31)27-18-10-7-15(2)8-11-18)22(30(24)29-25)17-9-12-19(32-4)20(14-17)33-5/h7-12,14,22H,6,13H2,1-5H3,(H,27,31)(H,26,28,29). The first kappa shape index (κ1) is 23.7. The van der Waals surface area contributed by atoms with Crippen LogP contribution in [0.5, 0.6) is 11.5 Å². The van der Waals surface area contributed by atoms with Crippen molar-refractivity contribution in [2.24, 2.45) is 0 Å². The molecular formula is C25H29N5O3S. The number of carbonyl (C=O) groups is 1. The molecule has 2 N–H and O–H groups in total. The van der Waals surface area contributed by atoms with Gasteiger partial charge in [0.25, 0.3) is 5.91 Å². The average molecular weight is 480 g/mol. The summed E-state index contributed by atoms with van der Waals surface area (Å²) in [5.74, 6) is 2.50. The molecule has 8 nitrogen and oxygen atoms in total. The number of aryl methyl sites for hydroxylation is 1. The topological polar surface area (TPSA) is 90.3 Å². The van der Waals surface area contributed by atoms with Gasteiger partial charge in [-0.15, -0.1) is 5.10 Å². The van der Waals surface area contributed by atoms with Crippen molar-refractivity contribution >= 4 is 29.3 Å². The number of anilines is 2. The minimum atomic E-state index is -0.495. The summed E-state index contributed by atoms with van der Waals surface area (Å²) >= 11 is 1.59. The van der Waals surface area contributed by atoms with Crippen LogP contribution in [0.15, 0.2) is 58.9 Å². The van der Waals surface area contributed by atoms with Crippen molar-refractivity contribution in [2.75, 3.05) is 30.6 Å². The molecule has 1 aliphatic rings. The molecule has 1 aromatic heterocycles. The van der Waals surface area contributed by atoms with Gasteiger partial charge in [0.2, 0.25) is 11.1 Å². The molecule has 1 aliphatic heterocycles. The Bertz CT molecular complexity index is 1220. The van der Waals surface area contributed by atoms with Crippen molar-refractivity contribution in [3.05, 3.63) is 64.9 Å². The fourth-order valence-corrected chi connectivity index (χ4v) is 4.53. The van der Waals surface area contributed by atoms with Gasteiger partial charge in [0.1, 0.15) is 6.04 Å². The number of hydrogen-bond donors (Lipinski definition) is 2. The molecule has 3 aromatic rings. The second-order valence-corrected chi connectivity index (χ2v) is 9.07. The number of fused-ring (bicyclic) bond motifs is 1. The Morgan fingerprint density at radius 3 is 2.53 bits per heavy atom. The minimum Gasteiger partial charge on any atom is -0.493 e. The summed E-state index contributed by atoms with van der Waals surface area (Å²) in [5, 5.41) is 11.7. The summed E-state index contributed by atoms with van der Waals surface area (Å²) in [6, 6.07) is 12.9. The molecule has 2 aromatic carbocycles. The molecular weight excluding hydrogens is 450 g/mol. The van der Waals surface area contributed by atoms with E-state index in [0.29, 0.717) is 28.2 Å². The molecule has 1 unspecified atom stereocenters. The Balaban J connectivity index is 1.79. The fraction of sp³-hybridized carbons (Fsp3) is 0.320. The first-order valence-corrected chi connectivity index (χ1v) is 12.1. The molecule has 0 fully saturated rings. The van der Waals surface area contributed by atoms with Crippen LogP contribution in [0.1, 0.15) is 37.4 Å². The number of aromatic nitrogens is 3. The van der Waals surface area contributed by atoms with E-state index in [4.69, 9.17) is 14.6 Å². The molecule has 0 saturated carbocycles. The van der Waals surface area contributed by atoms with E-state index >= 15 is 0 Å². The van der Waals surface area contributed by atoms with Gasteiger partial charge in [-0.05, 0) is 50.1 Å². The van der Waals surface area contributed by atoms with Crippen LogP contribution in [-0.2, 0) is 4.79 Å². The highest BCUT2D eigenvalue weighted by molar-refractivity contribution is 7.99. The molecule has 2 heterocycles. The smallest absolute Gasteiger partial charge is 0.255 e. The van der Waals surface area contributed by atoms with Crippen LogP contribution in [-0.4, -0.2) is 40.6 Å². The van der Waals surface area contributed by atoms with E-state index in [2.05, 4.69) is 22.5 Å². The monoisotopic (exact) mass is 479 g/mol. The normalized spacial score (nSPS) is 14.9.